The van der Waals surface area contributed by atoms with Crippen molar-refractivity contribution in [2.45, 2.75) is 26.9 Å². The molecule has 1 heterocycles. The van der Waals surface area contributed by atoms with E-state index < -0.39 is 0 Å². The van der Waals surface area contributed by atoms with E-state index >= 15 is 0 Å². The maximum atomic E-state index is 9.18. The summed E-state index contributed by atoms with van der Waals surface area (Å²) in [7, 11) is 2.10. The van der Waals surface area contributed by atoms with E-state index in [1.54, 1.807) is 0 Å². The quantitative estimate of drug-likeness (QED) is 0.786. The zero-order chi connectivity index (χ0) is 15.1. The fraction of sp³-hybridized carbons (Fsp3) is 0.278. The van der Waals surface area contributed by atoms with Crippen LogP contribution in [0.15, 0.2) is 36.4 Å². The summed E-state index contributed by atoms with van der Waals surface area (Å²) in [6.07, 6.45) is 0.230. The van der Waals surface area contributed by atoms with E-state index in [1.807, 2.05) is 18.2 Å². The predicted octanol–water partition coefficient (Wildman–Crippen LogP) is 4.11. The second kappa shape index (κ2) is 4.82. The molecule has 0 N–H and O–H groups in total. The first-order valence-electron chi connectivity index (χ1n) is 7.17. The summed E-state index contributed by atoms with van der Waals surface area (Å²) >= 11 is 0. The summed E-state index contributed by atoms with van der Waals surface area (Å²) in [5.41, 5.74) is 6.74. The molecule has 0 saturated carbocycles. The molecule has 0 fully saturated rings. The Morgan fingerprint density at radius 3 is 2.33 bits per heavy atom. The Hall–Kier alpha value is -2.47. The second-order valence-electron chi connectivity index (χ2n) is 5.67. The molecule has 3 nitrogen and oxygen atoms in total. The van der Waals surface area contributed by atoms with Gasteiger partial charge in [0.2, 0.25) is 0 Å². The molecule has 1 aliphatic heterocycles. The molecule has 2 aromatic rings. The maximum absolute atomic E-state index is 9.18. The highest BCUT2D eigenvalue weighted by Gasteiger charge is 2.33. The highest BCUT2D eigenvalue weighted by Crippen LogP contribution is 2.45. The van der Waals surface area contributed by atoms with Crippen molar-refractivity contribution in [1.82, 2.24) is 0 Å². The van der Waals surface area contributed by atoms with Crippen LogP contribution in [-0.2, 0) is 0 Å². The number of hydrogen-bond acceptors (Lipinski definition) is 3. The van der Waals surface area contributed by atoms with Gasteiger partial charge in [-0.3, -0.25) is 0 Å². The van der Waals surface area contributed by atoms with Gasteiger partial charge in [-0.25, -0.2) is 0 Å². The van der Waals surface area contributed by atoms with Gasteiger partial charge in [0, 0.05) is 12.7 Å². The number of anilines is 3. The average Bonchev–Trinajstić information content (AvgIpc) is 2.71. The molecule has 0 amide bonds. The topological polar surface area (TPSA) is 30.3 Å². The van der Waals surface area contributed by atoms with Gasteiger partial charge in [0.1, 0.15) is 6.17 Å². The van der Waals surface area contributed by atoms with E-state index in [2.05, 4.69) is 61.9 Å². The molecule has 1 atom stereocenters. The summed E-state index contributed by atoms with van der Waals surface area (Å²) in [6, 6.07) is 14.5. The molecule has 3 rings (SSSR count). The van der Waals surface area contributed by atoms with Crippen molar-refractivity contribution >= 4 is 17.1 Å². The fourth-order valence-electron chi connectivity index (χ4n) is 3.15. The normalized spacial score (nSPS) is 16.8. The standard InChI is InChI=1S/C18H19N3/c1-12-6-5-7-13(2)18(12)21-14(3)20(4)16-9-8-15(11-19)10-17(16)21/h5-10,14H,1-4H3/t14-/m0/s1. The summed E-state index contributed by atoms with van der Waals surface area (Å²) in [4.78, 5) is 4.59. The first kappa shape index (κ1) is 13.5. The smallest absolute Gasteiger partial charge is 0.103 e. The first-order valence-corrected chi connectivity index (χ1v) is 7.17. The van der Waals surface area contributed by atoms with Crippen LogP contribution in [0.5, 0.6) is 0 Å². The summed E-state index contributed by atoms with van der Waals surface area (Å²) in [6.45, 7) is 6.47. The lowest BCUT2D eigenvalue weighted by atomic mass is 10.1. The minimum Gasteiger partial charge on any atom is -0.353 e. The second-order valence-corrected chi connectivity index (χ2v) is 5.67. The molecule has 106 valence electrons. The van der Waals surface area contributed by atoms with E-state index in [0.29, 0.717) is 5.56 Å². The van der Waals surface area contributed by atoms with Crippen LogP contribution in [0, 0.1) is 25.2 Å². The molecule has 2 aromatic carbocycles. The largest absolute Gasteiger partial charge is 0.353 e. The molecule has 1 aliphatic rings. The van der Waals surface area contributed by atoms with Crippen LogP contribution >= 0.6 is 0 Å². The lowest BCUT2D eigenvalue weighted by Gasteiger charge is -2.30. The zero-order valence-electron chi connectivity index (χ0n) is 12.9. The van der Waals surface area contributed by atoms with Crippen molar-refractivity contribution in [3.63, 3.8) is 0 Å². The Balaban J connectivity index is 2.24. The van der Waals surface area contributed by atoms with E-state index in [4.69, 9.17) is 0 Å². The molecule has 0 unspecified atom stereocenters. The Labute approximate surface area is 126 Å². The van der Waals surface area contributed by atoms with Crippen molar-refractivity contribution in [3.05, 3.63) is 53.1 Å². The Morgan fingerprint density at radius 1 is 1.05 bits per heavy atom. The summed E-state index contributed by atoms with van der Waals surface area (Å²) in [5, 5.41) is 9.18. The lowest BCUT2D eigenvalue weighted by Crippen LogP contribution is -2.36. The van der Waals surface area contributed by atoms with Gasteiger partial charge >= 0.3 is 0 Å². The highest BCUT2D eigenvalue weighted by atomic mass is 15.4. The molecule has 0 aromatic heterocycles. The number of hydrogen-bond donors (Lipinski definition) is 0. The molecule has 0 saturated heterocycles. The fourth-order valence-corrected chi connectivity index (χ4v) is 3.15. The molecule has 0 radical (unpaired) electrons. The Bertz CT molecular complexity index is 722. The first-order chi connectivity index (χ1) is 10.0. The van der Waals surface area contributed by atoms with Crippen molar-refractivity contribution in [3.8, 4) is 6.07 Å². The van der Waals surface area contributed by atoms with Gasteiger partial charge in [-0.2, -0.15) is 5.26 Å². The molecular formula is C18H19N3. The number of para-hydroxylation sites is 1. The molecular weight excluding hydrogens is 258 g/mol. The maximum Gasteiger partial charge on any atom is 0.103 e. The van der Waals surface area contributed by atoms with Crippen LogP contribution < -0.4 is 9.80 Å². The molecule has 0 bridgehead atoms. The number of nitriles is 1. The summed E-state index contributed by atoms with van der Waals surface area (Å²) in [5.74, 6) is 0. The third-order valence-electron chi connectivity index (χ3n) is 4.36. The van der Waals surface area contributed by atoms with Crippen LogP contribution in [0.2, 0.25) is 0 Å². The van der Waals surface area contributed by atoms with Crippen molar-refractivity contribution in [2.24, 2.45) is 0 Å². The van der Waals surface area contributed by atoms with E-state index in [9.17, 15) is 5.26 Å². The third kappa shape index (κ3) is 1.95. The molecule has 3 heteroatoms. The van der Waals surface area contributed by atoms with Crippen LogP contribution in [0.3, 0.4) is 0 Å². The Morgan fingerprint density at radius 2 is 1.71 bits per heavy atom. The van der Waals surface area contributed by atoms with Crippen molar-refractivity contribution in [2.75, 3.05) is 16.8 Å². The molecule has 0 aliphatic carbocycles. The van der Waals surface area contributed by atoms with E-state index in [0.717, 1.165) is 5.69 Å². The minimum absolute atomic E-state index is 0.230. The van der Waals surface area contributed by atoms with Crippen LogP contribution in [0.4, 0.5) is 17.1 Å². The summed E-state index contributed by atoms with van der Waals surface area (Å²) < 4.78 is 0. The van der Waals surface area contributed by atoms with Gasteiger partial charge in [0.25, 0.3) is 0 Å². The van der Waals surface area contributed by atoms with Gasteiger partial charge in [0.15, 0.2) is 0 Å². The predicted molar refractivity (Wildman–Crippen MR) is 87.1 cm³/mol. The highest BCUT2D eigenvalue weighted by molar-refractivity contribution is 5.86. The van der Waals surface area contributed by atoms with E-state index in [1.165, 1.54) is 22.5 Å². The van der Waals surface area contributed by atoms with Gasteiger partial charge in [-0.05, 0) is 50.1 Å². The molecule has 21 heavy (non-hydrogen) atoms. The van der Waals surface area contributed by atoms with Crippen molar-refractivity contribution in [1.29, 1.82) is 5.26 Å². The van der Waals surface area contributed by atoms with Crippen LogP contribution in [-0.4, -0.2) is 13.2 Å². The lowest BCUT2D eigenvalue weighted by molar-refractivity contribution is 0.731. The van der Waals surface area contributed by atoms with E-state index in [-0.39, 0.29) is 6.17 Å². The van der Waals surface area contributed by atoms with Gasteiger partial charge < -0.3 is 9.80 Å². The van der Waals surface area contributed by atoms with Crippen LogP contribution in [0.25, 0.3) is 0 Å². The average molecular weight is 277 g/mol. The number of nitrogens with zero attached hydrogens (tertiary/aromatic N) is 3. The van der Waals surface area contributed by atoms with Crippen molar-refractivity contribution < 1.29 is 0 Å². The minimum atomic E-state index is 0.230. The van der Waals surface area contributed by atoms with Gasteiger partial charge in [0.05, 0.1) is 23.0 Å². The van der Waals surface area contributed by atoms with Crippen LogP contribution in [0.1, 0.15) is 23.6 Å². The zero-order valence-corrected chi connectivity index (χ0v) is 12.9. The molecule has 0 spiro atoms. The Kier molecular flexibility index (Phi) is 3.10. The van der Waals surface area contributed by atoms with Gasteiger partial charge in [-0.1, -0.05) is 18.2 Å². The number of aryl methyl sites for hydroxylation is 2. The SMILES string of the molecule is Cc1cccc(C)c1N1c2cc(C#N)ccc2N(C)[C@@H]1C. The number of fused-ring (bicyclic) bond motifs is 1. The number of rotatable bonds is 1. The van der Waals surface area contributed by atoms with Gasteiger partial charge in [-0.15, -0.1) is 0 Å². The third-order valence-corrected chi connectivity index (χ3v) is 4.36. The number of benzene rings is 2. The monoisotopic (exact) mass is 277 g/mol.